The van der Waals surface area contributed by atoms with Gasteiger partial charge in [0.05, 0.1) is 5.69 Å². The van der Waals surface area contributed by atoms with Crippen LogP contribution in [0.15, 0.2) is 18.2 Å². The molecule has 1 atom stereocenters. The highest BCUT2D eigenvalue weighted by atomic mass is 16.6. The van der Waals surface area contributed by atoms with E-state index in [1.54, 1.807) is 4.90 Å². The molecular weight excluding hydrogens is 306 g/mol. The molecule has 0 aliphatic carbocycles. The number of carbonyl (C=O) groups excluding carboxylic acids is 2. The van der Waals surface area contributed by atoms with Crippen molar-refractivity contribution in [3.8, 4) is 0 Å². The minimum Gasteiger partial charge on any atom is -0.443 e. The van der Waals surface area contributed by atoms with Crippen molar-refractivity contribution < 1.29 is 14.3 Å². The van der Waals surface area contributed by atoms with E-state index in [1.807, 2.05) is 32.9 Å². The highest BCUT2D eigenvalue weighted by molar-refractivity contribution is 5.91. The molecule has 0 saturated carbocycles. The van der Waals surface area contributed by atoms with Crippen LogP contribution in [0.2, 0.25) is 0 Å². The Morgan fingerprint density at radius 1 is 1.42 bits per heavy atom. The van der Waals surface area contributed by atoms with Gasteiger partial charge in [-0.3, -0.25) is 9.69 Å². The van der Waals surface area contributed by atoms with E-state index in [0.29, 0.717) is 26.1 Å². The van der Waals surface area contributed by atoms with Crippen LogP contribution >= 0.6 is 0 Å². The van der Waals surface area contributed by atoms with E-state index < -0.39 is 5.60 Å². The molecule has 6 nitrogen and oxygen atoms in total. The normalized spacial score (nSPS) is 20.0. The second kappa shape index (κ2) is 6.43. The minimum atomic E-state index is -0.511. The largest absolute Gasteiger partial charge is 0.443 e. The predicted octanol–water partition coefficient (Wildman–Crippen LogP) is 1.96. The summed E-state index contributed by atoms with van der Waals surface area (Å²) in [6.07, 6.45) is 1.04. The summed E-state index contributed by atoms with van der Waals surface area (Å²) >= 11 is 0. The van der Waals surface area contributed by atoms with Crippen molar-refractivity contribution in [2.45, 2.75) is 51.8 Å². The van der Waals surface area contributed by atoms with E-state index in [2.05, 4.69) is 16.7 Å². The molecule has 1 aromatic rings. The second-order valence-electron chi connectivity index (χ2n) is 7.39. The smallest absolute Gasteiger partial charge is 0.414 e. The van der Waals surface area contributed by atoms with Gasteiger partial charge in [-0.05, 0) is 38.3 Å². The zero-order valence-corrected chi connectivity index (χ0v) is 14.5. The number of rotatable bonds is 3. The predicted molar refractivity (Wildman–Crippen MR) is 92.0 cm³/mol. The zero-order valence-electron chi connectivity index (χ0n) is 14.5. The maximum atomic E-state index is 12.5. The van der Waals surface area contributed by atoms with E-state index in [0.717, 1.165) is 17.7 Å². The van der Waals surface area contributed by atoms with Crippen molar-refractivity contribution in [1.29, 1.82) is 0 Å². The molecule has 130 valence electrons. The number of nitrogens with zero attached hydrogens (tertiary/aromatic N) is 1. The van der Waals surface area contributed by atoms with Crippen LogP contribution in [0, 0.1) is 0 Å². The number of ether oxygens (including phenoxy) is 1. The van der Waals surface area contributed by atoms with Gasteiger partial charge in [0.1, 0.15) is 5.60 Å². The van der Waals surface area contributed by atoms with Crippen LogP contribution < -0.4 is 15.5 Å². The van der Waals surface area contributed by atoms with E-state index >= 15 is 0 Å². The van der Waals surface area contributed by atoms with E-state index in [9.17, 15) is 9.59 Å². The van der Waals surface area contributed by atoms with Crippen molar-refractivity contribution in [3.63, 3.8) is 0 Å². The first-order chi connectivity index (χ1) is 11.3. The van der Waals surface area contributed by atoms with Gasteiger partial charge in [-0.1, -0.05) is 18.2 Å². The van der Waals surface area contributed by atoms with E-state index in [4.69, 9.17) is 4.74 Å². The summed E-state index contributed by atoms with van der Waals surface area (Å²) in [5.74, 6) is 0.0844. The Morgan fingerprint density at radius 2 is 2.21 bits per heavy atom. The summed E-state index contributed by atoms with van der Waals surface area (Å²) in [6, 6.07) is 6.25. The number of anilines is 1. The number of para-hydroxylation sites is 1. The summed E-state index contributed by atoms with van der Waals surface area (Å²) in [4.78, 5) is 25.5. The molecule has 3 rings (SSSR count). The van der Waals surface area contributed by atoms with Crippen LogP contribution in [0.3, 0.4) is 0 Å². The van der Waals surface area contributed by atoms with Crippen LogP contribution in [-0.2, 0) is 22.5 Å². The molecule has 2 amide bonds. The SMILES string of the molecule is CC(C)(C)OC(=O)N1CCc2cccc(CNC3CNC(=O)C3)c21. The van der Waals surface area contributed by atoms with Gasteiger partial charge in [-0.15, -0.1) is 0 Å². The molecule has 1 aromatic carbocycles. The van der Waals surface area contributed by atoms with Crippen LogP contribution in [0.1, 0.15) is 38.3 Å². The van der Waals surface area contributed by atoms with Gasteiger partial charge in [0.25, 0.3) is 0 Å². The fourth-order valence-corrected chi connectivity index (χ4v) is 3.18. The van der Waals surface area contributed by atoms with Crippen LogP contribution in [0.5, 0.6) is 0 Å². The van der Waals surface area contributed by atoms with E-state index in [1.165, 1.54) is 5.56 Å². The first-order valence-electron chi connectivity index (χ1n) is 8.45. The van der Waals surface area contributed by atoms with Gasteiger partial charge < -0.3 is 15.4 Å². The molecule has 0 aromatic heterocycles. The van der Waals surface area contributed by atoms with Gasteiger partial charge in [0.15, 0.2) is 0 Å². The number of hydrogen-bond acceptors (Lipinski definition) is 4. The molecule has 24 heavy (non-hydrogen) atoms. The average Bonchev–Trinajstić information content (AvgIpc) is 3.09. The lowest BCUT2D eigenvalue weighted by Crippen LogP contribution is -2.36. The number of carbonyl (C=O) groups is 2. The van der Waals surface area contributed by atoms with Crippen molar-refractivity contribution in [2.75, 3.05) is 18.0 Å². The van der Waals surface area contributed by atoms with Crippen molar-refractivity contribution >= 4 is 17.7 Å². The quantitative estimate of drug-likeness (QED) is 0.888. The van der Waals surface area contributed by atoms with Crippen molar-refractivity contribution in [3.05, 3.63) is 29.3 Å². The summed E-state index contributed by atoms with van der Waals surface area (Å²) in [7, 11) is 0. The second-order valence-corrected chi connectivity index (χ2v) is 7.39. The molecule has 2 heterocycles. The fourth-order valence-electron chi connectivity index (χ4n) is 3.18. The number of amides is 2. The lowest BCUT2D eigenvalue weighted by Gasteiger charge is -2.26. The highest BCUT2D eigenvalue weighted by Gasteiger charge is 2.31. The molecule has 0 bridgehead atoms. The average molecular weight is 331 g/mol. The van der Waals surface area contributed by atoms with Gasteiger partial charge in [0, 0.05) is 32.1 Å². The molecule has 1 saturated heterocycles. The van der Waals surface area contributed by atoms with Gasteiger partial charge in [0.2, 0.25) is 5.91 Å². The minimum absolute atomic E-state index is 0.0844. The first kappa shape index (κ1) is 16.8. The molecule has 1 unspecified atom stereocenters. The Labute approximate surface area is 142 Å². The third kappa shape index (κ3) is 3.70. The highest BCUT2D eigenvalue weighted by Crippen LogP contribution is 2.33. The Hall–Kier alpha value is -2.08. The van der Waals surface area contributed by atoms with Gasteiger partial charge in [-0.25, -0.2) is 4.79 Å². The van der Waals surface area contributed by atoms with Crippen LogP contribution in [-0.4, -0.2) is 36.7 Å². The Kier molecular flexibility index (Phi) is 4.49. The number of hydrogen-bond donors (Lipinski definition) is 2. The Bertz CT molecular complexity index is 651. The summed E-state index contributed by atoms with van der Waals surface area (Å²) in [5.41, 5.74) is 2.68. The van der Waals surface area contributed by atoms with Gasteiger partial charge >= 0.3 is 6.09 Å². The topological polar surface area (TPSA) is 70.7 Å². The number of fused-ring (bicyclic) bond motifs is 1. The Balaban J connectivity index is 1.74. The molecule has 2 aliphatic heterocycles. The zero-order chi connectivity index (χ0) is 17.3. The molecule has 0 spiro atoms. The summed E-state index contributed by atoms with van der Waals surface area (Å²) in [5, 5.41) is 6.23. The standard InChI is InChI=1S/C18H25N3O3/c1-18(2,3)24-17(23)21-8-7-12-5-4-6-13(16(12)21)10-19-14-9-15(22)20-11-14/h4-6,14,19H,7-11H2,1-3H3,(H,20,22). The first-order valence-corrected chi connectivity index (χ1v) is 8.45. The molecule has 1 fully saturated rings. The Morgan fingerprint density at radius 3 is 2.88 bits per heavy atom. The lowest BCUT2D eigenvalue weighted by atomic mass is 10.1. The monoisotopic (exact) mass is 331 g/mol. The third-order valence-electron chi connectivity index (χ3n) is 4.25. The lowest BCUT2D eigenvalue weighted by molar-refractivity contribution is -0.119. The molecule has 0 radical (unpaired) electrons. The fraction of sp³-hybridized carbons (Fsp3) is 0.556. The van der Waals surface area contributed by atoms with E-state index in [-0.39, 0.29) is 18.0 Å². The third-order valence-corrected chi connectivity index (χ3v) is 4.25. The maximum absolute atomic E-state index is 12.5. The van der Waals surface area contributed by atoms with Crippen molar-refractivity contribution in [2.24, 2.45) is 0 Å². The van der Waals surface area contributed by atoms with Gasteiger partial charge in [-0.2, -0.15) is 0 Å². The van der Waals surface area contributed by atoms with Crippen molar-refractivity contribution in [1.82, 2.24) is 10.6 Å². The molecule has 6 heteroatoms. The van der Waals surface area contributed by atoms with Crippen LogP contribution in [0.25, 0.3) is 0 Å². The summed E-state index contributed by atoms with van der Waals surface area (Å²) < 4.78 is 5.54. The molecule has 2 N–H and O–H groups in total. The summed E-state index contributed by atoms with van der Waals surface area (Å²) in [6.45, 7) is 7.55. The molecular formula is C18H25N3O3. The van der Waals surface area contributed by atoms with Crippen LogP contribution in [0.4, 0.5) is 10.5 Å². The number of benzene rings is 1. The molecule has 2 aliphatic rings. The maximum Gasteiger partial charge on any atom is 0.414 e. The number of nitrogens with one attached hydrogen (secondary N) is 2.